The molecule has 0 aliphatic rings. The van der Waals surface area contributed by atoms with Gasteiger partial charge in [-0.05, 0) is 23.8 Å². The molecule has 2 aromatic rings. The number of nitrogens with two attached hydrogens (primary N) is 2. The van der Waals surface area contributed by atoms with E-state index in [1.165, 1.54) is 5.56 Å². The summed E-state index contributed by atoms with van der Waals surface area (Å²) in [5.41, 5.74) is 14.3. The van der Waals surface area contributed by atoms with Gasteiger partial charge >= 0.3 is 0 Å². The third-order valence-electron chi connectivity index (χ3n) is 2.99. The zero-order valence-electron chi connectivity index (χ0n) is 10.8. The van der Waals surface area contributed by atoms with Crippen molar-refractivity contribution in [3.8, 4) is 0 Å². The van der Waals surface area contributed by atoms with E-state index < -0.39 is 5.91 Å². The van der Waals surface area contributed by atoms with E-state index >= 15 is 0 Å². The molecule has 0 saturated carbocycles. The molecule has 2 aromatic carbocycles. The number of amides is 1. The van der Waals surface area contributed by atoms with Crippen LogP contribution in [0.1, 0.15) is 15.9 Å². The van der Waals surface area contributed by atoms with Crippen molar-refractivity contribution < 1.29 is 4.79 Å². The maximum atomic E-state index is 11.2. The number of nitrogen functional groups attached to an aromatic ring is 1. The van der Waals surface area contributed by atoms with Crippen LogP contribution in [0.25, 0.3) is 0 Å². The Labute approximate surface area is 112 Å². The van der Waals surface area contributed by atoms with Gasteiger partial charge < -0.3 is 16.4 Å². The Bertz CT molecular complexity index is 581. The lowest BCUT2D eigenvalue weighted by molar-refractivity contribution is 0.100. The Balaban J connectivity index is 2.25. The number of rotatable bonds is 4. The highest BCUT2D eigenvalue weighted by molar-refractivity contribution is 5.95. The molecule has 0 saturated heterocycles. The van der Waals surface area contributed by atoms with Gasteiger partial charge in [-0.1, -0.05) is 30.3 Å². The fourth-order valence-corrected chi connectivity index (χ4v) is 1.97. The molecule has 0 radical (unpaired) electrons. The second-order valence-corrected chi connectivity index (χ2v) is 4.48. The minimum atomic E-state index is -0.450. The lowest BCUT2D eigenvalue weighted by Crippen LogP contribution is -2.19. The van der Waals surface area contributed by atoms with Gasteiger partial charge in [0.25, 0.3) is 0 Å². The van der Waals surface area contributed by atoms with Crippen molar-refractivity contribution in [1.82, 2.24) is 0 Å². The molecule has 0 aliphatic carbocycles. The molecule has 0 spiro atoms. The van der Waals surface area contributed by atoms with Crippen LogP contribution in [0, 0.1) is 0 Å². The van der Waals surface area contributed by atoms with Crippen LogP contribution in [0.5, 0.6) is 0 Å². The van der Waals surface area contributed by atoms with Crippen LogP contribution in [-0.4, -0.2) is 13.0 Å². The fourth-order valence-electron chi connectivity index (χ4n) is 1.97. The molecule has 0 heterocycles. The average molecular weight is 255 g/mol. The molecular formula is C15H17N3O. The summed E-state index contributed by atoms with van der Waals surface area (Å²) < 4.78 is 0. The van der Waals surface area contributed by atoms with E-state index in [-0.39, 0.29) is 0 Å². The van der Waals surface area contributed by atoms with Crippen LogP contribution in [0.4, 0.5) is 11.4 Å². The molecule has 4 heteroatoms. The summed E-state index contributed by atoms with van der Waals surface area (Å²) in [6.45, 7) is 0.716. The Morgan fingerprint density at radius 1 is 1.16 bits per heavy atom. The van der Waals surface area contributed by atoms with Crippen molar-refractivity contribution in [3.63, 3.8) is 0 Å². The van der Waals surface area contributed by atoms with Crippen LogP contribution in [-0.2, 0) is 6.54 Å². The summed E-state index contributed by atoms with van der Waals surface area (Å²) in [6.07, 6.45) is 0. The molecule has 0 aromatic heterocycles. The summed E-state index contributed by atoms with van der Waals surface area (Å²) in [5, 5.41) is 0. The average Bonchev–Trinajstić information content (AvgIpc) is 2.40. The van der Waals surface area contributed by atoms with Gasteiger partial charge in [-0.15, -0.1) is 0 Å². The lowest BCUT2D eigenvalue weighted by atomic mass is 10.1. The molecule has 19 heavy (non-hydrogen) atoms. The van der Waals surface area contributed by atoms with E-state index in [0.717, 1.165) is 5.69 Å². The van der Waals surface area contributed by atoms with E-state index in [1.807, 2.05) is 42.3 Å². The first-order valence-corrected chi connectivity index (χ1v) is 6.02. The van der Waals surface area contributed by atoms with Crippen LogP contribution in [0.3, 0.4) is 0 Å². The standard InChI is InChI=1S/C15H17N3O/c1-18(10-11-5-3-2-4-6-11)14-9-12(15(17)19)7-8-13(14)16/h2-9H,10,16H2,1H3,(H2,17,19). The highest BCUT2D eigenvalue weighted by Crippen LogP contribution is 2.24. The van der Waals surface area contributed by atoms with Crippen molar-refractivity contribution in [1.29, 1.82) is 0 Å². The summed E-state index contributed by atoms with van der Waals surface area (Å²) in [5.74, 6) is -0.450. The topological polar surface area (TPSA) is 72.3 Å². The van der Waals surface area contributed by atoms with E-state index in [0.29, 0.717) is 17.8 Å². The maximum absolute atomic E-state index is 11.2. The Morgan fingerprint density at radius 3 is 2.47 bits per heavy atom. The predicted octanol–water partition coefficient (Wildman–Crippen LogP) is 2.00. The first kappa shape index (κ1) is 13.0. The van der Waals surface area contributed by atoms with Gasteiger partial charge in [0.15, 0.2) is 0 Å². The number of hydrogen-bond donors (Lipinski definition) is 2. The molecule has 0 aliphatic heterocycles. The fraction of sp³-hybridized carbons (Fsp3) is 0.133. The molecule has 0 bridgehead atoms. The Kier molecular flexibility index (Phi) is 3.71. The summed E-state index contributed by atoms with van der Waals surface area (Å²) in [4.78, 5) is 13.2. The smallest absolute Gasteiger partial charge is 0.248 e. The maximum Gasteiger partial charge on any atom is 0.248 e. The van der Waals surface area contributed by atoms with Gasteiger partial charge in [-0.3, -0.25) is 4.79 Å². The molecule has 4 N–H and O–H groups in total. The minimum absolute atomic E-state index is 0.450. The van der Waals surface area contributed by atoms with Gasteiger partial charge in [-0.25, -0.2) is 0 Å². The molecule has 0 fully saturated rings. The number of carbonyl (C=O) groups excluding carboxylic acids is 1. The molecule has 98 valence electrons. The molecule has 1 amide bonds. The summed E-state index contributed by atoms with van der Waals surface area (Å²) in [7, 11) is 1.93. The Hall–Kier alpha value is -2.49. The molecule has 0 unspecified atom stereocenters. The number of nitrogens with zero attached hydrogens (tertiary/aromatic N) is 1. The normalized spacial score (nSPS) is 10.2. The number of benzene rings is 2. The minimum Gasteiger partial charge on any atom is -0.397 e. The van der Waals surface area contributed by atoms with Gasteiger partial charge in [0.1, 0.15) is 0 Å². The van der Waals surface area contributed by atoms with Crippen LogP contribution in [0.2, 0.25) is 0 Å². The SMILES string of the molecule is CN(Cc1ccccc1)c1cc(C(N)=O)ccc1N. The largest absolute Gasteiger partial charge is 0.397 e. The zero-order valence-corrected chi connectivity index (χ0v) is 10.8. The summed E-state index contributed by atoms with van der Waals surface area (Å²) in [6, 6.07) is 15.1. The Morgan fingerprint density at radius 2 is 1.84 bits per heavy atom. The van der Waals surface area contributed by atoms with Crippen LogP contribution >= 0.6 is 0 Å². The van der Waals surface area contributed by atoms with Crippen LogP contribution < -0.4 is 16.4 Å². The van der Waals surface area contributed by atoms with E-state index in [4.69, 9.17) is 11.5 Å². The second kappa shape index (κ2) is 5.44. The van der Waals surface area contributed by atoms with Gasteiger partial charge in [-0.2, -0.15) is 0 Å². The van der Waals surface area contributed by atoms with Gasteiger partial charge in [0.2, 0.25) is 5.91 Å². The third-order valence-corrected chi connectivity index (χ3v) is 2.99. The lowest BCUT2D eigenvalue weighted by Gasteiger charge is -2.21. The number of hydrogen-bond acceptors (Lipinski definition) is 3. The molecule has 4 nitrogen and oxygen atoms in total. The second-order valence-electron chi connectivity index (χ2n) is 4.48. The van der Waals surface area contributed by atoms with Gasteiger partial charge in [0.05, 0.1) is 11.4 Å². The molecule has 0 atom stereocenters. The van der Waals surface area contributed by atoms with Crippen LogP contribution in [0.15, 0.2) is 48.5 Å². The predicted molar refractivity (Wildman–Crippen MR) is 77.9 cm³/mol. The quantitative estimate of drug-likeness (QED) is 0.821. The third kappa shape index (κ3) is 3.04. The first-order chi connectivity index (χ1) is 9.08. The zero-order chi connectivity index (χ0) is 13.8. The highest BCUT2D eigenvalue weighted by atomic mass is 16.1. The summed E-state index contributed by atoms with van der Waals surface area (Å²) >= 11 is 0. The van der Waals surface area contributed by atoms with E-state index in [1.54, 1.807) is 18.2 Å². The number of primary amides is 1. The molecular weight excluding hydrogens is 238 g/mol. The van der Waals surface area contributed by atoms with Crippen molar-refractivity contribution in [2.75, 3.05) is 17.7 Å². The van der Waals surface area contributed by atoms with E-state index in [2.05, 4.69) is 0 Å². The monoisotopic (exact) mass is 255 g/mol. The molecule has 2 rings (SSSR count). The van der Waals surface area contributed by atoms with Crippen molar-refractivity contribution >= 4 is 17.3 Å². The highest BCUT2D eigenvalue weighted by Gasteiger charge is 2.09. The first-order valence-electron chi connectivity index (χ1n) is 6.02. The van der Waals surface area contributed by atoms with Crippen molar-refractivity contribution in [2.45, 2.75) is 6.54 Å². The van der Waals surface area contributed by atoms with Gasteiger partial charge in [0, 0.05) is 19.2 Å². The number of anilines is 2. The van der Waals surface area contributed by atoms with Crippen molar-refractivity contribution in [2.24, 2.45) is 5.73 Å². The van der Waals surface area contributed by atoms with Crippen molar-refractivity contribution in [3.05, 3.63) is 59.7 Å². The number of carbonyl (C=O) groups is 1. The van der Waals surface area contributed by atoms with E-state index in [9.17, 15) is 4.79 Å².